The van der Waals surface area contributed by atoms with Gasteiger partial charge in [-0.05, 0) is 35.7 Å². The van der Waals surface area contributed by atoms with Crippen LogP contribution in [-0.2, 0) is 6.54 Å². The molecule has 25 heavy (non-hydrogen) atoms. The molecule has 0 aliphatic rings. The van der Waals surface area contributed by atoms with Crippen LogP contribution in [0.15, 0.2) is 59.5 Å². The first-order valence-electron chi connectivity index (χ1n) is 8.11. The number of amides is 1. The van der Waals surface area contributed by atoms with Gasteiger partial charge in [0.25, 0.3) is 5.91 Å². The van der Waals surface area contributed by atoms with Crippen LogP contribution >= 0.6 is 0 Å². The summed E-state index contributed by atoms with van der Waals surface area (Å²) in [5.41, 5.74) is 2.47. The molecule has 3 aromatic rings. The Balaban J connectivity index is 1.65. The van der Waals surface area contributed by atoms with E-state index in [4.69, 9.17) is 4.42 Å². The van der Waals surface area contributed by atoms with Gasteiger partial charge in [0, 0.05) is 11.8 Å². The Labute approximate surface area is 146 Å². The minimum absolute atomic E-state index is 0.281. The highest BCUT2D eigenvalue weighted by molar-refractivity contribution is 5.92. The van der Waals surface area contributed by atoms with Gasteiger partial charge < -0.3 is 15.1 Å². The maximum atomic E-state index is 12.2. The third-order valence-electron chi connectivity index (χ3n) is 3.75. The second-order valence-corrected chi connectivity index (χ2v) is 5.95. The number of carbonyl (C=O) groups is 1. The number of anilines is 2. The van der Waals surface area contributed by atoms with Crippen molar-refractivity contribution in [1.82, 2.24) is 15.3 Å². The Morgan fingerprint density at radius 1 is 1.16 bits per heavy atom. The molecule has 0 fully saturated rings. The summed E-state index contributed by atoms with van der Waals surface area (Å²) in [7, 11) is 0. The fourth-order valence-electron chi connectivity index (χ4n) is 2.32. The van der Waals surface area contributed by atoms with Crippen molar-refractivity contribution in [1.29, 1.82) is 0 Å². The minimum atomic E-state index is -0.281. The lowest BCUT2D eigenvalue weighted by Crippen LogP contribution is -2.23. The molecule has 0 spiro atoms. The van der Waals surface area contributed by atoms with Gasteiger partial charge in [0.2, 0.25) is 0 Å². The van der Waals surface area contributed by atoms with Gasteiger partial charge in [0.05, 0.1) is 12.8 Å². The van der Waals surface area contributed by atoms with Gasteiger partial charge in [-0.25, -0.2) is 9.97 Å². The van der Waals surface area contributed by atoms with Gasteiger partial charge in [-0.2, -0.15) is 0 Å². The standard InChI is InChI=1S/C19H20N4O2/c1-13(2)14-5-7-15(8-6-14)23-18-10-17(21-12-22-18)19(24)20-11-16-4-3-9-25-16/h3-10,12-13H,11H2,1-2H3,(H,20,24)(H,21,22,23). The minimum Gasteiger partial charge on any atom is -0.467 e. The molecule has 6 nitrogen and oxygen atoms in total. The molecule has 2 N–H and O–H groups in total. The Morgan fingerprint density at radius 3 is 2.64 bits per heavy atom. The predicted molar refractivity (Wildman–Crippen MR) is 95.7 cm³/mol. The van der Waals surface area contributed by atoms with Crippen LogP contribution in [0.1, 0.15) is 41.6 Å². The molecule has 0 radical (unpaired) electrons. The van der Waals surface area contributed by atoms with Crippen LogP contribution in [0.2, 0.25) is 0 Å². The topological polar surface area (TPSA) is 80.0 Å². The molecular weight excluding hydrogens is 316 g/mol. The molecule has 0 unspecified atom stereocenters. The van der Waals surface area contributed by atoms with Crippen molar-refractivity contribution in [3.05, 3.63) is 72.1 Å². The third kappa shape index (κ3) is 4.44. The highest BCUT2D eigenvalue weighted by Gasteiger charge is 2.09. The molecule has 2 aromatic heterocycles. The highest BCUT2D eigenvalue weighted by Crippen LogP contribution is 2.19. The molecule has 3 rings (SSSR count). The highest BCUT2D eigenvalue weighted by atomic mass is 16.3. The van der Waals surface area contributed by atoms with Crippen molar-refractivity contribution in [3.8, 4) is 0 Å². The molecule has 0 saturated heterocycles. The summed E-state index contributed by atoms with van der Waals surface area (Å²) in [4.78, 5) is 20.4. The fraction of sp³-hybridized carbons (Fsp3) is 0.211. The van der Waals surface area contributed by atoms with E-state index in [0.717, 1.165) is 5.69 Å². The van der Waals surface area contributed by atoms with Crippen LogP contribution in [0.25, 0.3) is 0 Å². The lowest BCUT2D eigenvalue weighted by molar-refractivity contribution is 0.0943. The van der Waals surface area contributed by atoms with Gasteiger partial charge in [0.1, 0.15) is 23.6 Å². The van der Waals surface area contributed by atoms with E-state index in [1.165, 1.54) is 11.9 Å². The van der Waals surface area contributed by atoms with E-state index < -0.39 is 0 Å². The Bertz CT molecular complexity index is 827. The Hall–Kier alpha value is -3.15. The normalized spacial score (nSPS) is 10.7. The van der Waals surface area contributed by atoms with Crippen LogP contribution in [0.5, 0.6) is 0 Å². The Morgan fingerprint density at radius 2 is 1.96 bits per heavy atom. The summed E-state index contributed by atoms with van der Waals surface area (Å²) in [6.45, 7) is 4.62. The summed E-state index contributed by atoms with van der Waals surface area (Å²) < 4.78 is 5.19. The lowest BCUT2D eigenvalue weighted by Gasteiger charge is -2.09. The summed E-state index contributed by atoms with van der Waals surface area (Å²) in [5.74, 6) is 1.45. The number of rotatable bonds is 6. The van der Waals surface area contributed by atoms with Crippen LogP contribution in [0, 0.1) is 0 Å². The first-order chi connectivity index (χ1) is 12.1. The van der Waals surface area contributed by atoms with E-state index in [0.29, 0.717) is 29.7 Å². The van der Waals surface area contributed by atoms with Crippen LogP contribution in [0.4, 0.5) is 11.5 Å². The molecule has 0 atom stereocenters. The van der Waals surface area contributed by atoms with Crippen molar-refractivity contribution >= 4 is 17.4 Å². The monoisotopic (exact) mass is 336 g/mol. The van der Waals surface area contributed by atoms with E-state index in [1.807, 2.05) is 12.1 Å². The number of nitrogens with zero attached hydrogens (tertiary/aromatic N) is 2. The molecule has 0 aliphatic carbocycles. The lowest BCUT2D eigenvalue weighted by atomic mass is 10.0. The third-order valence-corrected chi connectivity index (χ3v) is 3.75. The summed E-state index contributed by atoms with van der Waals surface area (Å²) in [6, 6.07) is 13.3. The summed E-state index contributed by atoms with van der Waals surface area (Å²) in [6.07, 6.45) is 2.94. The molecular formula is C19H20N4O2. The van der Waals surface area contributed by atoms with E-state index >= 15 is 0 Å². The van der Waals surface area contributed by atoms with E-state index in [2.05, 4.69) is 46.6 Å². The van der Waals surface area contributed by atoms with E-state index in [-0.39, 0.29) is 5.91 Å². The fourth-order valence-corrected chi connectivity index (χ4v) is 2.32. The zero-order valence-corrected chi connectivity index (χ0v) is 14.2. The first-order valence-corrected chi connectivity index (χ1v) is 8.11. The van der Waals surface area contributed by atoms with Gasteiger partial charge in [-0.3, -0.25) is 4.79 Å². The SMILES string of the molecule is CC(C)c1ccc(Nc2cc(C(=O)NCc3ccco3)ncn2)cc1. The van der Waals surface area contributed by atoms with Crippen LogP contribution in [-0.4, -0.2) is 15.9 Å². The maximum Gasteiger partial charge on any atom is 0.270 e. The van der Waals surface area contributed by atoms with Gasteiger partial charge in [-0.15, -0.1) is 0 Å². The second kappa shape index (κ2) is 7.61. The summed E-state index contributed by atoms with van der Waals surface area (Å²) >= 11 is 0. The largest absolute Gasteiger partial charge is 0.467 e. The maximum absolute atomic E-state index is 12.2. The quantitative estimate of drug-likeness (QED) is 0.714. The first kappa shape index (κ1) is 16.7. The number of hydrogen-bond acceptors (Lipinski definition) is 5. The number of hydrogen-bond donors (Lipinski definition) is 2. The van der Waals surface area contributed by atoms with Crippen molar-refractivity contribution in [3.63, 3.8) is 0 Å². The molecule has 1 aromatic carbocycles. The zero-order valence-electron chi connectivity index (χ0n) is 14.2. The number of aromatic nitrogens is 2. The van der Waals surface area contributed by atoms with E-state index in [9.17, 15) is 4.79 Å². The van der Waals surface area contributed by atoms with Crippen molar-refractivity contribution < 1.29 is 9.21 Å². The van der Waals surface area contributed by atoms with Crippen molar-refractivity contribution in [2.75, 3.05) is 5.32 Å². The van der Waals surface area contributed by atoms with Crippen LogP contribution in [0.3, 0.4) is 0 Å². The average molecular weight is 336 g/mol. The number of nitrogens with one attached hydrogen (secondary N) is 2. The van der Waals surface area contributed by atoms with E-state index in [1.54, 1.807) is 24.5 Å². The number of furan rings is 1. The molecule has 6 heteroatoms. The number of carbonyl (C=O) groups excluding carboxylic acids is 1. The van der Waals surface area contributed by atoms with Crippen LogP contribution < -0.4 is 10.6 Å². The average Bonchev–Trinajstić information content (AvgIpc) is 3.14. The summed E-state index contributed by atoms with van der Waals surface area (Å²) in [5, 5.41) is 5.95. The predicted octanol–water partition coefficient (Wildman–Crippen LogP) is 3.87. The van der Waals surface area contributed by atoms with Gasteiger partial charge in [0.15, 0.2) is 0 Å². The Kier molecular flexibility index (Phi) is 5.09. The molecule has 1 amide bonds. The van der Waals surface area contributed by atoms with Crippen molar-refractivity contribution in [2.24, 2.45) is 0 Å². The van der Waals surface area contributed by atoms with Gasteiger partial charge in [-0.1, -0.05) is 26.0 Å². The smallest absolute Gasteiger partial charge is 0.270 e. The van der Waals surface area contributed by atoms with Gasteiger partial charge >= 0.3 is 0 Å². The molecule has 0 saturated carbocycles. The number of benzene rings is 1. The molecule has 0 aliphatic heterocycles. The molecule has 128 valence electrons. The second-order valence-electron chi connectivity index (χ2n) is 5.95. The van der Waals surface area contributed by atoms with Crippen molar-refractivity contribution in [2.45, 2.75) is 26.3 Å². The molecule has 2 heterocycles. The molecule has 0 bridgehead atoms. The zero-order chi connectivity index (χ0) is 17.6.